The van der Waals surface area contributed by atoms with Gasteiger partial charge < -0.3 is 10.3 Å². The van der Waals surface area contributed by atoms with Gasteiger partial charge in [-0.3, -0.25) is 9.78 Å². The van der Waals surface area contributed by atoms with Crippen LogP contribution in [0.15, 0.2) is 60.9 Å². The first-order valence-electron chi connectivity index (χ1n) is 8.01. The Hall–Kier alpha value is -3.14. The molecule has 0 saturated heterocycles. The Kier molecular flexibility index (Phi) is 3.50. The molecule has 2 aromatic carbocycles. The van der Waals surface area contributed by atoms with Crippen LogP contribution >= 0.6 is 0 Å². The van der Waals surface area contributed by atoms with E-state index in [1.54, 1.807) is 24.5 Å². The minimum atomic E-state index is -0.137. The number of nitrogens with zero attached hydrogens (tertiary/aromatic N) is 1. The van der Waals surface area contributed by atoms with Crippen molar-refractivity contribution in [2.24, 2.45) is 0 Å². The molecule has 0 saturated carbocycles. The monoisotopic (exact) mass is 315 g/mol. The van der Waals surface area contributed by atoms with Crippen molar-refractivity contribution in [3.8, 4) is 0 Å². The number of para-hydroxylation sites is 1. The van der Waals surface area contributed by atoms with Gasteiger partial charge >= 0.3 is 0 Å². The molecular formula is C20H17N3O. The van der Waals surface area contributed by atoms with Crippen LogP contribution in [0.5, 0.6) is 0 Å². The summed E-state index contributed by atoms with van der Waals surface area (Å²) in [4.78, 5) is 19.7. The summed E-state index contributed by atoms with van der Waals surface area (Å²) in [6.07, 6.45) is 4.21. The maximum atomic E-state index is 12.3. The minimum absolute atomic E-state index is 0.137. The first-order chi connectivity index (χ1) is 11.8. The van der Waals surface area contributed by atoms with E-state index in [0.29, 0.717) is 5.56 Å². The molecule has 2 N–H and O–H groups in total. The van der Waals surface area contributed by atoms with E-state index < -0.39 is 0 Å². The Labute approximate surface area is 139 Å². The lowest BCUT2D eigenvalue weighted by atomic mass is 10.1. The molecule has 4 nitrogen and oxygen atoms in total. The van der Waals surface area contributed by atoms with Gasteiger partial charge in [-0.1, -0.05) is 31.2 Å². The number of hydrogen-bond donors (Lipinski definition) is 2. The molecule has 4 aromatic rings. The Bertz CT molecular complexity index is 1030. The number of amides is 1. The number of anilines is 1. The number of H-pyrrole nitrogens is 1. The number of aryl methyl sites for hydroxylation is 1. The van der Waals surface area contributed by atoms with Crippen molar-refractivity contribution in [3.05, 3.63) is 72.1 Å². The van der Waals surface area contributed by atoms with Crippen LogP contribution in [0.3, 0.4) is 0 Å². The fourth-order valence-electron chi connectivity index (χ4n) is 3.07. The molecule has 2 aromatic heterocycles. The number of benzene rings is 2. The molecule has 24 heavy (non-hydrogen) atoms. The molecule has 0 aliphatic carbocycles. The Morgan fingerprint density at radius 1 is 1.08 bits per heavy atom. The first kappa shape index (κ1) is 14.5. The summed E-state index contributed by atoms with van der Waals surface area (Å²) >= 11 is 0. The Morgan fingerprint density at radius 3 is 2.71 bits per heavy atom. The van der Waals surface area contributed by atoms with Crippen LogP contribution in [0.4, 0.5) is 5.69 Å². The third-order valence-electron chi connectivity index (χ3n) is 4.30. The van der Waals surface area contributed by atoms with Gasteiger partial charge in [0.25, 0.3) is 5.91 Å². The van der Waals surface area contributed by atoms with Crippen LogP contribution in [-0.2, 0) is 6.42 Å². The number of hydrogen-bond acceptors (Lipinski definition) is 2. The number of aromatic nitrogens is 2. The smallest absolute Gasteiger partial charge is 0.255 e. The fourth-order valence-corrected chi connectivity index (χ4v) is 3.07. The largest absolute Gasteiger partial charge is 0.354 e. The molecule has 0 radical (unpaired) electrons. The first-order valence-corrected chi connectivity index (χ1v) is 8.01. The summed E-state index contributed by atoms with van der Waals surface area (Å²) in [6, 6.07) is 15.7. The lowest BCUT2D eigenvalue weighted by Crippen LogP contribution is -2.11. The fraction of sp³-hybridized carbons (Fsp3) is 0.100. The summed E-state index contributed by atoms with van der Waals surface area (Å²) in [6.45, 7) is 2.15. The van der Waals surface area contributed by atoms with E-state index in [0.717, 1.165) is 17.6 Å². The molecule has 0 atom stereocenters. The number of carbonyl (C=O) groups excluding carboxylic acids is 1. The van der Waals surface area contributed by atoms with Gasteiger partial charge in [0.1, 0.15) is 0 Å². The van der Waals surface area contributed by atoms with Gasteiger partial charge in [0.2, 0.25) is 0 Å². The highest BCUT2D eigenvalue weighted by molar-refractivity contribution is 6.10. The van der Waals surface area contributed by atoms with Gasteiger partial charge in [-0.15, -0.1) is 0 Å². The van der Waals surface area contributed by atoms with E-state index in [-0.39, 0.29) is 5.91 Å². The van der Waals surface area contributed by atoms with Gasteiger partial charge in [0.15, 0.2) is 0 Å². The second-order valence-electron chi connectivity index (χ2n) is 5.77. The lowest BCUT2D eigenvalue weighted by Gasteiger charge is -2.05. The number of rotatable bonds is 3. The highest BCUT2D eigenvalue weighted by Crippen LogP contribution is 2.29. The van der Waals surface area contributed by atoms with Crippen molar-refractivity contribution in [2.45, 2.75) is 13.3 Å². The van der Waals surface area contributed by atoms with Crippen molar-refractivity contribution in [1.82, 2.24) is 9.97 Å². The molecule has 0 aliphatic rings. The number of carbonyl (C=O) groups is 1. The summed E-state index contributed by atoms with van der Waals surface area (Å²) < 4.78 is 0. The zero-order valence-electron chi connectivity index (χ0n) is 13.3. The summed E-state index contributed by atoms with van der Waals surface area (Å²) in [5.41, 5.74) is 4.86. The average molecular weight is 315 g/mol. The molecule has 1 amide bonds. The zero-order chi connectivity index (χ0) is 16.5. The maximum absolute atomic E-state index is 12.3. The summed E-state index contributed by atoms with van der Waals surface area (Å²) in [5, 5.41) is 5.32. The maximum Gasteiger partial charge on any atom is 0.255 e. The van der Waals surface area contributed by atoms with Gasteiger partial charge in [-0.25, -0.2) is 0 Å². The molecule has 0 fully saturated rings. The van der Waals surface area contributed by atoms with Crippen molar-refractivity contribution in [3.63, 3.8) is 0 Å². The Morgan fingerprint density at radius 2 is 1.92 bits per heavy atom. The van der Waals surface area contributed by atoms with E-state index in [1.807, 2.05) is 12.1 Å². The number of aromatic amines is 1. The van der Waals surface area contributed by atoms with Gasteiger partial charge in [-0.05, 0) is 36.2 Å². The molecule has 0 unspecified atom stereocenters. The predicted octanol–water partition coefficient (Wildman–Crippen LogP) is 4.53. The molecule has 118 valence electrons. The van der Waals surface area contributed by atoms with Gasteiger partial charge in [0.05, 0.1) is 0 Å². The van der Waals surface area contributed by atoms with Crippen LogP contribution in [0, 0.1) is 0 Å². The molecule has 0 spiro atoms. The average Bonchev–Trinajstić information content (AvgIpc) is 3.00. The van der Waals surface area contributed by atoms with Crippen LogP contribution in [0.2, 0.25) is 0 Å². The van der Waals surface area contributed by atoms with Crippen molar-refractivity contribution < 1.29 is 4.79 Å². The zero-order valence-corrected chi connectivity index (χ0v) is 13.3. The second kappa shape index (κ2) is 5.81. The topological polar surface area (TPSA) is 57.8 Å². The van der Waals surface area contributed by atoms with Crippen molar-refractivity contribution in [1.29, 1.82) is 0 Å². The normalized spacial score (nSPS) is 11.0. The summed E-state index contributed by atoms with van der Waals surface area (Å²) in [5.74, 6) is -0.137. The van der Waals surface area contributed by atoms with Gasteiger partial charge in [-0.2, -0.15) is 0 Å². The van der Waals surface area contributed by atoms with E-state index >= 15 is 0 Å². The van der Waals surface area contributed by atoms with Crippen LogP contribution in [0.1, 0.15) is 22.8 Å². The highest BCUT2D eigenvalue weighted by atomic mass is 16.1. The van der Waals surface area contributed by atoms with Gasteiger partial charge in [0, 0.05) is 45.5 Å². The molecule has 0 aliphatic heterocycles. The molecule has 4 rings (SSSR count). The number of fused-ring (bicyclic) bond motifs is 3. The van der Waals surface area contributed by atoms with E-state index in [4.69, 9.17) is 0 Å². The lowest BCUT2D eigenvalue weighted by molar-refractivity contribution is 0.102. The third-order valence-corrected chi connectivity index (χ3v) is 4.30. The molecule has 2 heterocycles. The molecule has 4 heteroatoms. The van der Waals surface area contributed by atoms with E-state index in [2.05, 4.69) is 46.5 Å². The molecule has 0 bridgehead atoms. The third kappa shape index (κ3) is 2.42. The van der Waals surface area contributed by atoms with Crippen LogP contribution in [0.25, 0.3) is 21.8 Å². The quantitative estimate of drug-likeness (QED) is 0.583. The second-order valence-corrected chi connectivity index (χ2v) is 5.77. The Balaban J connectivity index is 1.73. The highest BCUT2D eigenvalue weighted by Gasteiger charge is 2.10. The summed E-state index contributed by atoms with van der Waals surface area (Å²) in [7, 11) is 0. The van der Waals surface area contributed by atoms with E-state index in [9.17, 15) is 4.79 Å². The minimum Gasteiger partial charge on any atom is -0.354 e. The van der Waals surface area contributed by atoms with Crippen molar-refractivity contribution in [2.75, 3.05) is 5.32 Å². The number of pyridine rings is 1. The SMILES string of the molecule is CCc1cccc2c1[nH]c1cc(NC(=O)c3ccncc3)ccc12. The standard InChI is InChI=1S/C20H17N3O/c1-2-13-4-3-5-17-16-7-6-15(12-18(16)23-19(13)17)22-20(24)14-8-10-21-11-9-14/h3-12,23H,2H2,1H3,(H,22,24). The molecular weight excluding hydrogens is 298 g/mol. The predicted molar refractivity (Wildman–Crippen MR) is 97.4 cm³/mol. The van der Waals surface area contributed by atoms with Crippen LogP contribution in [-0.4, -0.2) is 15.9 Å². The van der Waals surface area contributed by atoms with Crippen LogP contribution < -0.4 is 5.32 Å². The van der Waals surface area contributed by atoms with E-state index in [1.165, 1.54) is 21.9 Å². The number of nitrogens with one attached hydrogen (secondary N) is 2. The van der Waals surface area contributed by atoms with Crippen molar-refractivity contribution >= 4 is 33.4 Å².